The minimum absolute atomic E-state index is 0.159. The number of hydrogen-bond acceptors (Lipinski definition) is 4. The summed E-state index contributed by atoms with van der Waals surface area (Å²) in [6.07, 6.45) is 1.07. The molecule has 4 nitrogen and oxygen atoms in total. The van der Waals surface area contributed by atoms with Crippen LogP contribution < -0.4 is 0 Å². The smallest absolute Gasteiger partial charge is 0.254 e. The number of halogens is 1. The summed E-state index contributed by atoms with van der Waals surface area (Å²) in [6, 6.07) is 8.01. The van der Waals surface area contributed by atoms with Gasteiger partial charge in [0, 0.05) is 42.0 Å². The molecule has 6 heteroatoms. The molecule has 1 aromatic rings. The molecule has 0 radical (unpaired) electrons. The van der Waals surface area contributed by atoms with Gasteiger partial charge in [0.1, 0.15) is 0 Å². The molecule has 2 saturated heterocycles. The van der Waals surface area contributed by atoms with Crippen molar-refractivity contribution >= 4 is 33.6 Å². The van der Waals surface area contributed by atoms with Crippen molar-refractivity contribution in [3.8, 4) is 0 Å². The zero-order valence-electron chi connectivity index (χ0n) is 13.2. The highest BCUT2D eigenvalue weighted by Gasteiger charge is 2.28. The van der Waals surface area contributed by atoms with Crippen molar-refractivity contribution in [2.45, 2.75) is 12.5 Å². The van der Waals surface area contributed by atoms with Gasteiger partial charge in [-0.1, -0.05) is 22.0 Å². The third-order valence-electron chi connectivity index (χ3n) is 4.34. The third kappa shape index (κ3) is 4.72. The van der Waals surface area contributed by atoms with Crippen LogP contribution >= 0.6 is 27.7 Å². The Bertz CT molecular complexity index is 537. The summed E-state index contributed by atoms with van der Waals surface area (Å²) in [6.45, 7) is 5.36. The van der Waals surface area contributed by atoms with Gasteiger partial charge in [-0.2, -0.15) is 11.8 Å². The summed E-state index contributed by atoms with van der Waals surface area (Å²) in [7, 11) is 0. The Morgan fingerprint density at radius 2 is 2.13 bits per heavy atom. The summed E-state index contributed by atoms with van der Waals surface area (Å²) in [5.74, 6) is 2.32. The van der Waals surface area contributed by atoms with Crippen LogP contribution in [0.25, 0.3) is 0 Å². The second-order valence-corrected chi connectivity index (χ2v) is 8.07. The van der Waals surface area contributed by atoms with Gasteiger partial charge in [-0.3, -0.25) is 9.69 Å². The Labute approximate surface area is 150 Å². The number of carbonyl (C=O) groups is 1. The van der Waals surface area contributed by atoms with Gasteiger partial charge in [-0.25, -0.2) is 0 Å². The molecule has 0 saturated carbocycles. The van der Waals surface area contributed by atoms with Crippen molar-refractivity contribution in [3.05, 3.63) is 34.3 Å². The molecule has 0 aliphatic carbocycles. The molecule has 0 spiro atoms. The van der Waals surface area contributed by atoms with Crippen molar-refractivity contribution in [1.82, 2.24) is 9.80 Å². The van der Waals surface area contributed by atoms with Crippen molar-refractivity contribution in [2.75, 3.05) is 50.9 Å². The molecule has 0 N–H and O–H groups in total. The van der Waals surface area contributed by atoms with Crippen LogP contribution in [0.1, 0.15) is 16.8 Å². The molecule has 3 rings (SSSR count). The molecule has 1 aromatic carbocycles. The van der Waals surface area contributed by atoms with Gasteiger partial charge in [-0.15, -0.1) is 0 Å². The van der Waals surface area contributed by atoms with Crippen molar-refractivity contribution in [3.63, 3.8) is 0 Å². The highest BCUT2D eigenvalue weighted by atomic mass is 79.9. The third-order valence-corrected chi connectivity index (χ3v) is 6.03. The molecule has 0 unspecified atom stereocenters. The lowest BCUT2D eigenvalue weighted by atomic mass is 10.1. The maximum atomic E-state index is 13.0. The molecule has 126 valence electrons. The summed E-state index contributed by atoms with van der Waals surface area (Å²) in [5, 5.41) is 0. The van der Waals surface area contributed by atoms with Gasteiger partial charge in [0.05, 0.1) is 19.3 Å². The zero-order chi connectivity index (χ0) is 16.1. The molecule has 0 bridgehead atoms. The Kier molecular flexibility index (Phi) is 6.39. The van der Waals surface area contributed by atoms with Crippen LogP contribution in [0, 0.1) is 0 Å². The number of ether oxygens (including phenoxy) is 1. The maximum Gasteiger partial charge on any atom is 0.254 e. The van der Waals surface area contributed by atoms with Crippen LogP contribution in [0.3, 0.4) is 0 Å². The van der Waals surface area contributed by atoms with Gasteiger partial charge in [0.2, 0.25) is 0 Å². The van der Waals surface area contributed by atoms with Crippen LogP contribution in [0.5, 0.6) is 0 Å². The largest absolute Gasteiger partial charge is 0.379 e. The average molecular weight is 399 g/mol. The van der Waals surface area contributed by atoms with E-state index in [2.05, 4.69) is 25.7 Å². The number of thioether (sulfide) groups is 1. The standard InChI is InChI=1S/C17H23BrN2O2S/c18-15-4-1-3-14(11-15)17(21)20-5-2-10-23-13-16(20)12-19-6-8-22-9-7-19/h1,3-4,11,16H,2,5-10,12-13H2/t16-/m1/s1. The van der Waals surface area contributed by atoms with Crippen LogP contribution in [-0.2, 0) is 4.74 Å². The number of hydrogen-bond donors (Lipinski definition) is 0. The lowest BCUT2D eigenvalue weighted by Gasteiger charge is -2.35. The Balaban J connectivity index is 1.73. The molecular weight excluding hydrogens is 376 g/mol. The summed E-state index contributed by atoms with van der Waals surface area (Å²) < 4.78 is 6.39. The van der Waals surface area contributed by atoms with E-state index in [0.717, 1.165) is 67.4 Å². The molecule has 2 aliphatic heterocycles. The van der Waals surface area contributed by atoms with Gasteiger partial charge < -0.3 is 9.64 Å². The molecular formula is C17H23BrN2O2S. The average Bonchev–Trinajstić information content (AvgIpc) is 2.81. The molecule has 2 fully saturated rings. The molecule has 1 amide bonds. The fraction of sp³-hybridized carbons (Fsp3) is 0.588. The monoisotopic (exact) mass is 398 g/mol. The quantitative estimate of drug-likeness (QED) is 0.783. The summed E-state index contributed by atoms with van der Waals surface area (Å²) >= 11 is 5.44. The lowest BCUT2D eigenvalue weighted by molar-refractivity contribution is 0.0245. The predicted molar refractivity (Wildman–Crippen MR) is 98.2 cm³/mol. The Hall–Kier alpha value is -0.560. The molecule has 2 aliphatic rings. The first-order chi connectivity index (χ1) is 11.2. The molecule has 0 aromatic heterocycles. The number of rotatable bonds is 3. The SMILES string of the molecule is O=C(c1cccc(Br)c1)N1CCCSC[C@H]1CN1CCOCC1. The maximum absolute atomic E-state index is 13.0. The van der Waals surface area contributed by atoms with E-state index in [1.165, 1.54) is 0 Å². The molecule has 2 heterocycles. The van der Waals surface area contributed by atoms with Crippen molar-refractivity contribution < 1.29 is 9.53 Å². The second-order valence-electron chi connectivity index (χ2n) is 6.00. The minimum Gasteiger partial charge on any atom is -0.379 e. The van der Waals surface area contributed by atoms with E-state index >= 15 is 0 Å². The van der Waals surface area contributed by atoms with Crippen LogP contribution in [0.15, 0.2) is 28.7 Å². The summed E-state index contributed by atoms with van der Waals surface area (Å²) in [4.78, 5) is 17.5. The van der Waals surface area contributed by atoms with E-state index in [-0.39, 0.29) is 11.9 Å². The van der Waals surface area contributed by atoms with Crippen LogP contribution in [0.4, 0.5) is 0 Å². The fourth-order valence-electron chi connectivity index (χ4n) is 3.12. The summed E-state index contributed by atoms with van der Waals surface area (Å²) in [5.41, 5.74) is 0.776. The van der Waals surface area contributed by atoms with Crippen LogP contribution in [-0.4, -0.2) is 72.6 Å². The van der Waals surface area contributed by atoms with Crippen molar-refractivity contribution in [1.29, 1.82) is 0 Å². The van der Waals surface area contributed by atoms with Gasteiger partial charge in [-0.05, 0) is 30.4 Å². The number of carbonyl (C=O) groups excluding carboxylic acids is 1. The first-order valence-electron chi connectivity index (χ1n) is 8.18. The first-order valence-corrected chi connectivity index (χ1v) is 10.1. The number of nitrogens with zero attached hydrogens (tertiary/aromatic N) is 2. The van der Waals surface area contributed by atoms with E-state index in [1.54, 1.807) is 0 Å². The minimum atomic E-state index is 0.159. The molecule has 23 heavy (non-hydrogen) atoms. The van der Waals surface area contributed by atoms with E-state index in [0.29, 0.717) is 0 Å². The number of amides is 1. The Morgan fingerprint density at radius 3 is 2.91 bits per heavy atom. The van der Waals surface area contributed by atoms with E-state index < -0.39 is 0 Å². The normalized spacial score (nSPS) is 23.5. The van der Waals surface area contributed by atoms with Gasteiger partial charge in [0.15, 0.2) is 0 Å². The number of benzene rings is 1. The van der Waals surface area contributed by atoms with E-state index in [9.17, 15) is 4.79 Å². The topological polar surface area (TPSA) is 32.8 Å². The van der Waals surface area contributed by atoms with Crippen LogP contribution in [0.2, 0.25) is 0 Å². The highest BCUT2D eigenvalue weighted by molar-refractivity contribution is 9.10. The fourth-order valence-corrected chi connectivity index (χ4v) is 4.57. The first kappa shape index (κ1) is 17.3. The second kappa shape index (κ2) is 8.51. The van der Waals surface area contributed by atoms with E-state index in [4.69, 9.17) is 4.74 Å². The van der Waals surface area contributed by atoms with E-state index in [1.807, 2.05) is 36.0 Å². The highest BCUT2D eigenvalue weighted by Crippen LogP contribution is 2.21. The van der Waals surface area contributed by atoms with Gasteiger partial charge >= 0.3 is 0 Å². The zero-order valence-corrected chi connectivity index (χ0v) is 15.7. The van der Waals surface area contributed by atoms with Gasteiger partial charge in [0.25, 0.3) is 5.91 Å². The Morgan fingerprint density at radius 1 is 1.30 bits per heavy atom. The van der Waals surface area contributed by atoms with Crippen molar-refractivity contribution in [2.24, 2.45) is 0 Å². The predicted octanol–water partition coefficient (Wildman–Crippen LogP) is 2.73. The number of morpholine rings is 1. The molecule has 1 atom stereocenters. The lowest BCUT2D eigenvalue weighted by Crippen LogP contribution is -2.50.